The maximum Gasteiger partial charge on any atom is 0.534 e. The van der Waals surface area contributed by atoms with Crippen LogP contribution in [0.3, 0.4) is 0 Å². The highest BCUT2D eigenvalue weighted by Gasteiger charge is 2.49. The molecular formula is C17H17F5N2O7S2. The van der Waals surface area contributed by atoms with Crippen LogP contribution in [0.15, 0.2) is 29.1 Å². The second-order valence-corrected chi connectivity index (χ2v) is 8.42. The molecule has 0 saturated heterocycles. The topological polar surface area (TPSA) is 106 Å². The van der Waals surface area contributed by atoms with Gasteiger partial charge in [-0.05, 0) is 25.1 Å². The average molecular weight is 520 g/mol. The second kappa shape index (κ2) is 10.1. The third-order valence-corrected chi connectivity index (χ3v) is 5.12. The van der Waals surface area contributed by atoms with Crippen molar-refractivity contribution in [3.05, 3.63) is 34.6 Å². The fourth-order valence-electron chi connectivity index (χ4n) is 2.15. The molecule has 0 amide bonds. The van der Waals surface area contributed by atoms with Crippen molar-refractivity contribution < 1.29 is 47.7 Å². The number of ether oxygens (including phenoxy) is 1. The molecule has 0 fully saturated rings. The van der Waals surface area contributed by atoms with Crippen LogP contribution >= 0.6 is 12.3 Å². The molecule has 0 bridgehead atoms. The molecule has 0 N–H and O–H groups in total. The summed E-state index contributed by atoms with van der Waals surface area (Å²) in [5.74, 6) is -4.59. The molecule has 0 aliphatic rings. The summed E-state index contributed by atoms with van der Waals surface area (Å²) in [7, 11) is -4.84. The molecule has 0 saturated carbocycles. The Labute approximate surface area is 189 Å². The Kier molecular flexibility index (Phi) is 8.18. The SMILES string of the molecule is CCOSOc1ccc(OS(=O)(=O)C(F)(F)F)nc1-c1ccc(OCC(C)(F)F)n(C)c1=O. The van der Waals surface area contributed by atoms with E-state index in [-0.39, 0.29) is 23.8 Å². The molecule has 0 aromatic carbocycles. The van der Waals surface area contributed by atoms with Crippen molar-refractivity contribution in [3.63, 3.8) is 0 Å². The second-order valence-electron chi connectivity index (χ2n) is 6.35. The van der Waals surface area contributed by atoms with Crippen LogP contribution in [0.5, 0.6) is 17.5 Å². The summed E-state index contributed by atoms with van der Waals surface area (Å²) in [5, 5.41) is 0. The van der Waals surface area contributed by atoms with E-state index >= 15 is 0 Å². The monoisotopic (exact) mass is 520 g/mol. The van der Waals surface area contributed by atoms with Crippen molar-refractivity contribution in [1.29, 1.82) is 0 Å². The number of halogens is 5. The summed E-state index contributed by atoms with van der Waals surface area (Å²) in [4.78, 5) is 16.4. The van der Waals surface area contributed by atoms with Gasteiger partial charge in [0.2, 0.25) is 18.2 Å². The number of pyridine rings is 2. The van der Waals surface area contributed by atoms with E-state index in [0.29, 0.717) is 19.2 Å². The van der Waals surface area contributed by atoms with E-state index in [2.05, 4.69) is 9.17 Å². The fraction of sp³-hybridized carbons (Fsp3) is 0.412. The molecule has 0 radical (unpaired) electrons. The van der Waals surface area contributed by atoms with Gasteiger partial charge in [-0.3, -0.25) is 13.5 Å². The van der Waals surface area contributed by atoms with Crippen LogP contribution < -0.4 is 18.7 Å². The van der Waals surface area contributed by atoms with Gasteiger partial charge in [-0.1, -0.05) is 0 Å². The normalized spacial score (nSPS) is 12.5. The lowest BCUT2D eigenvalue weighted by atomic mass is 10.1. The number of aromatic nitrogens is 2. The molecule has 16 heteroatoms. The van der Waals surface area contributed by atoms with Gasteiger partial charge in [0.25, 0.3) is 11.5 Å². The molecule has 2 aromatic rings. The molecule has 0 atom stereocenters. The van der Waals surface area contributed by atoms with Crippen molar-refractivity contribution in [2.75, 3.05) is 13.2 Å². The number of alkyl halides is 5. The van der Waals surface area contributed by atoms with Crippen LogP contribution in [-0.2, 0) is 21.3 Å². The molecular weight excluding hydrogens is 503 g/mol. The summed E-state index contributed by atoms with van der Waals surface area (Å²) >= 11 is 0.467. The average Bonchev–Trinajstić information content (AvgIpc) is 2.68. The Balaban J connectivity index is 2.53. The highest BCUT2D eigenvalue weighted by atomic mass is 32.2. The lowest BCUT2D eigenvalue weighted by Gasteiger charge is -2.16. The van der Waals surface area contributed by atoms with Gasteiger partial charge < -0.3 is 13.1 Å². The Morgan fingerprint density at radius 2 is 1.79 bits per heavy atom. The van der Waals surface area contributed by atoms with Crippen LogP contribution in [0.4, 0.5) is 22.0 Å². The Morgan fingerprint density at radius 3 is 2.36 bits per heavy atom. The maximum absolute atomic E-state index is 13.1. The summed E-state index contributed by atoms with van der Waals surface area (Å²) in [6.07, 6.45) is 0. The van der Waals surface area contributed by atoms with Gasteiger partial charge in [-0.15, -0.1) is 0 Å². The first-order chi connectivity index (χ1) is 15.2. The quantitative estimate of drug-likeness (QED) is 0.152. The molecule has 33 heavy (non-hydrogen) atoms. The maximum atomic E-state index is 13.1. The van der Waals surface area contributed by atoms with Gasteiger partial charge in [0.15, 0.2) is 18.2 Å². The molecule has 184 valence electrons. The van der Waals surface area contributed by atoms with Gasteiger partial charge in [0.1, 0.15) is 5.69 Å². The van der Waals surface area contributed by atoms with Crippen LogP contribution in [0, 0.1) is 0 Å². The van der Waals surface area contributed by atoms with Gasteiger partial charge in [-0.25, -0.2) is 13.8 Å². The zero-order valence-electron chi connectivity index (χ0n) is 17.2. The molecule has 2 heterocycles. The van der Waals surface area contributed by atoms with Crippen LogP contribution in [0.1, 0.15) is 13.8 Å². The Morgan fingerprint density at radius 1 is 1.12 bits per heavy atom. The van der Waals surface area contributed by atoms with E-state index in [9.17, 15) is 35.2 Å². The molecule has 0 aliphatic heterocycles. The number of rotatable bonds is 10. The summed E-state index contributed by atoms with van der Waals surface area (Å²) < 4.78 is 107. The first-order valence-corrected chi connectivity index (χ1v) is 10.9. The minimum absolute atomic E-state index is 0.184. The van der Waals surface area contributed by atoms with Crippen molar-refractivity contribution in [1.82, 2.24) is 9.55 Å². The predicted molar refractivity (Wildman–Crippen MR) is 106 cm³/mol. The van der Waals surface area contributed by atoms with Crippen molar-refractivity contribution in [3.8, 4) is 28.8 Å². The minimum atomic E-state index is -6.04. The van der Waals surface area contributed by atoms with Gasteiger partial charge >= 0.3 is 15.6 Å². The Bertz CT molecular complexity index is 1150. The predicted octanol–water partition coefficient (Wildman–Crippen LogP) is 3.69. The van der Waals surface area contributed by atoms with Gasteiger partial charge in [0.05, 0.1) is 12.2 Å². The Hall–Kier alpha value is -2.59. The van der Waals surface area contributed by atoms with E-state index in [1.54, 1.807) is 6.92 Å². The standard InChI is InChI=1S/C17H17F5N2O7S2/c1-4-29-32-30-11-6-7-12(31-33(26,27)17(20,21)22)23-14(11)10-5-8-13(24(3)15(10)25)28-9-16(2,18)19/h5-8H,4,9H2,1-3H3. The van der Waals surface area contributed by atoms with E-state index in [0.717, 1.165) is 28.8 Å². The van der Waals surface area contributed by atoms with Crippen LogP contribution in [0.25, 0.3) is 11.3 Å². The zero-order valence-corrected chi connectivity index (χ0v) is 18.8. The molecule has 2 aromatic heterocycles. The van der Waals surface area contributed by atoms with Gasteiger partial charge in [-0.2, -0.15) is 21.6 Å². The molecule has 0 spiro atoms. The van der Waals surface area contributed by atoms with E-state index in [4.69, 9.17) is 13.1 Å². The van der Waals surface area contributed by atoms with Gasteiger partial charge in [0, 0.05) is 20.0 Å². The van der Waals surface area contributed by atoms with Crippen LogP contribution in [-0.4, -0.2) is 42.6 Å². The minimum Gasteiger partial charge on any atom is -0.472 e. The molecule has 9 nitrogen and oxygen atoms in total. The first-order valence-electron chi connectivity index (χ1n) is 8.85. The summed E-state index contributed by atoms with van der Waals surface area (Å²) in [6, 6.07) is 4.02. The van der Waals surface area contributed by atoms with E-state index < -0.39 is 45.3 Å². The summed E-state index contributed by atoms with van der Waals surface area (Å²) in [5.41, 5.74) is -7.26. The highest BCUT2D eigenvalue weighted by Crippen LogP contribution is 2.33. The largest absolute Gasteiger partial charge is 0.534 e. The number of nitrogens with zero attached hydrogens (tertiary/aromatic N) is 2. The molecule has 0 unspecified atom stereocenters. The first kappa shape index (κ1) is 26.7. The smallest absolute Gasteiger partial charge is 0.472 e. The van der Waals surface area contributed by atoms with Crippen molar-refractivity contribution in [2.45, 2.75) is 25.3 Å². The third-order valence-electron chi connectivity index (χ3n) is 3.59. The number of hydrogen-bond donors (Lipinski definition) is 0. The van der Waals surface area contributed by atoms with E-state index in [1.807, 2.05) is 0 Å². The third kappa shape index (κ3) is 6.94. The zero-order chi connectivity index (χ0) is 25.0. The highest BCUT2D eigenvalue weighted by molar-refractivity contribution is 7.90. The molecule has 2 rings (SSSR count). The van der Waals surface area contributed by atoms with E-state index in [1.165, 1.54) is 7.05 Å². The fourth-order valence-corrected chi connectivity index (χ4v) is 2.91. The lowest BCUT2D eigenvalue weighted by Crippen LogP contribution is -2.28. The molecule has 0 aliphatic carbocycles. The number of hydrogen-bond acceptors (Lipinski definition) is 9. The lowest BCUT2D eigenvalue weighted by molar-refractivity contribution is -0.0501. The summed E-state index contributed by atoms with van der Waals surface area (Å²) in [6.45, 7) is 1.45. The van der Waals surface area contributed by atoms with Crippen LogP contribution in [0.2, 0.25) is 0 Å². The van der Waals surface area contributed by atoms with Crippen molar-refractivity contribution in [2.24, 2.45) is 7.05 Å². The van der Waals surface area contributed by atoms with Crippen molar-refractivity contribution >= 4 is 22.4 Å².